The van der Waals surface area contributed by atoms with E-state index in [1.807, 2.05) is 45.4 Å². The summed E-state index contributed by atoms with van der Waals surface area (Å²) >= 11 is 3.15. The van der Waals surface area contributed by atoms with Crippen LogP contribution in [-0.4, -0.2) is 106 Å². The zero-order valence-electron chi connectivity index (χ0n) is 30.9. The van der Waals surface area contributed by atoms with Crippen molar-refractivity contribution in [2.24, 2.45) is 5.92 Å². The van der Waals surface area contributed by atoms with Crippen molar-refractivity contribution in [2.75, 3.05) is 52.5 Å². The van der Waals surface area contributed by atoms with Gasteiger partial charge in [0.15, 0.2) is 11.5 Å². The molecule has 296 valence electrons. The van der Waals surface area contributed by atoms with Gasteiger partial charge in [0, 0.05) is 19.2 Å². The molecule has 0 fully saturated rings. The molecule has 0 spiro atoms. The van der Waals surface area contributed by atoms with Crippen molar-refractivity contribution < 1.29 is 51.6 Å². The van der Waals surface area contributed by atoms with Crippen LogP contribution in [-0.2, 0) is 35.5 Å². The van der Waals surface area contributed by atoms with E-state index >= 15 is 0 Å². The molecule has 0 aliphatic carbocycles. The first-order valence-corrected chi connectivity index (χ1v) is 20.8. The summed E-state index contributed by atoms with van der Waals surface area (Å²) < 4.78 is 57.3. The molecule has 18 heteroatoms. The quantitative estimate of drug-likeness (QED) is 0.132. The Hall–Kier alpha value is -4.10. The molecule has 2 aromatic rings. The average molecular weight is 809 g/mol. The van der Waals surface area contributed by atoms with Gasteiger partial charge in [0.05, 0.1) is 28.6 Å². The third-order valence-corrected chi connectivity index (χ3v) is 11.7. The lowest BCUT2D eigenvalue weighted by Gasteiger charge is -2.32. The summed E-state index contributed by atoms with van der Waals surface area (Å²) in [4.78, 5) is 38.6. The van der Waals surface area contributed by atoms with Crippen molar-refractivity contribution >= 4 is 51.5 Å². The zero-order chi connectivity index (χ0) is 39.3. The molecular weight excluding hydrogens is 761 g/mol. The van der Waals surface area contributed by atoms with E-state index in [1.165, 1.54) is 30.0 Å². The average Bonchev–Trinajstić information content (AvgIpc) is 3.78. The van der Waals surface area contributed by atoms with E-state index in [1.54, 1.807) is 36.0 Å². The van der Waals surface area contributed by atoms with Crippen molar-refractivity contribution in [1.82, 2.24) is 20.3 Å². The number of fused-ring (bicyclic) bond motifs is 1. The first-order valence-electron chi connectivity index (χ1n) is 17.2. The van der Waals surface area contributed by atoms with Crippen LogP contribution in [0.15, 0.2) is 69.4 Å². The van der Waals surface area contributed by atoms with Gasteiger partial charge in [0.2, 0.25) is 22.7 Å². The van der Waals surface area contributed by atoms with E-state index in [4.69, 9.17) is 23.7 Å². The van der Waals surface area contributed by atoms with Crippen LogP contribution >= 0.6 is 23.5 Å². The largest absolute Gasteiger partial charge is 0.487 e. The van der Waals surface area contributed by atoms with E-state index < -0.39 is 59.9 Å². The minimum Gasteiger partial charge on any atom is -0.487 e. The second-order valence-corrected chi connectivity index (χ2v) is 16.8. The summed E-state index contributed by atoms with van der Waals surface area (Å²) in [6, 6.07) is 10.1. The summed E-state index contributed by atoms with van der Waals surface area (Å²) in [5.41, 5.74) is 1.62. The predicted molar refractivity (Wildman–Crippen MR) is 206 cm³/mol. The number of rotatable bonds is 21. The molecule has 2 aliphatic heterocycles. The molecule has 2 aromatic carbocycles. The molecule has 54 heavy (non-hydrogen) atoms. The highest BCUT2D eigenvalue weighted by Crippen LogP contribution is 2.35. The maximum absolute atomic E-state index is 14.2. The number of sulfonamides is 1. The van der Waals surface area contributed by atoms with Crippen molar-refractivity contribution in [1.29, 1.82) is 0 Å². The molecule has 15 nitrogen and oxygen atoms in total. The van der Waals surface area contributed by atoms with Crippen LogP contribution in [0.25, 0.3) is 0 Å². The van der Waals surface area contributed by atoms with E-state index in [9.17, 15) is 27.9 Å². The molecule has 2 aliphatic rings. The van der Waals surface area contributed by atoms with E-state index in [0.29, 0.717) is 30.2 Å². The van der Waals surface area contributed by atoms with Gasteiger partial charge in [-0.25, -0.2) is 18.0 Å². The Morgan fingerprint density at radius 2 is 1.85 bits per heavy atom. The van der Waals surface area contributed by atoms with Gasteiger partial charge in [-0.05, 0) is 72.6 Å². The summed E-state index contributed by atoms with van der Waals surface area (Å²) in [7, 11) is -4.24. The fraction of sp³-hybridized carbons (Fsp3) is 0.472. The lowest BCUT2D eigenvalue weighted by atomic mass is 10.0. The van der Waals surface area contributed by atoms with Crippen LogP contribution in [0.1, 0.15) is 33.3 Å². The summed E-state index contributed by atoms with van der Waals surface area (Å²) in [5.74, 6) is -0.280. The van der Waals surface area contributed by atoms with Gasteiger partial charge in [-0.3, -0.25) is 4.79 Å². The second-order valence-electron chi connectivity index (χ2n) is 12.7. The number of hydrogen-bond acceptors (Lipinski definition) is 13. The number of nitrogens with zero attached hydrogens (tertiary/aromatic N) is 1. The first kappa shape index (κ1) is 42.6. The Labute approximate surface area is 324 Å². The van der Waals surface area contributed by atoms with Crippen LogP contribution in [0.5, 0.6) is 17.2 Å². The number of thioether (sulfide) groups is 2. The fourth-order valence-corrected chi connectivity index (χ4v) is 8.24. The molecule has 0 bridgehead atoms. The third-order valence-electron chi connectivity index (χ3n) is 8.05. The molecule has 0 radical (unpaired) electrons. The fourth-order valence-electron chi connectivity index (χ4n) is 5.43. The van der Waals surface area contributed by atoms with Gasteiger partial charge in [-0.2, -0.15) is 4.31 Å². The number of hydrogen-bond donors (Lipinski definition) is 4. The van der Waals surface area contributed by atoms with Crippen LogP contribution in [0.2, 0.25) is 0 Å². The Bertz CT molecular complexity index is 1770. The number of nitrogens with one attached hydrogen (secondary N) is 3. The Morgan fingerprint density at radius 1 is 1.11 bits per heavy atom. The Morgan fingerprint density at radius 3 is 2.50 bits per heavy atom. The number of carbonyl (C=O) groups is 3. The lowest BCUT2D eigenvalue weighted by Crippen LogP contribution is -2.52. The smallest absolute Gasteiger partial charge is 0.405 e. The summed E-state index contributed by atoms with van der Waals surface area (Å²) in [6.07, 6.45) is 1.05. The van der Waals surface area contributed by atoms with Gasteiger partial charge in [0.25, 0.3) is 0 Å². The number of carbonyl (C=O) groups excluding carboxylic acids is 2. The minimum absolute atomic E-state index is 0.0140. The topological polar surface area (TPSA) is 191 Å². The van der Waals surface area contributed by atoms with Gasteiger partial charge in [-0.15, -0.1) is 23.5 Å². The molecule has 4 N–H and O–H groups in total. The molecule has 0 saturated heterocycles. The normalized spacial score (nSPS) is 16.4. The van der Waals surface area contributed by atoms with Crippen molar-refractivity contribution in [3.8, 4) is 17.2 Å². The van der Waals surface area contributed by atoms with Crippen LogP contribution in [0, 0.1) is 5.92 Å². The van der Waals surface area contributed by atoms with Gasteiger partial charge >= 0.3 is 12.1 Å². The van der Waals surface area contributed by atoms with E-state index in [2.05, 4.69) is 16.0 Å². The van der Waals surface area contributed by atoms with Gasteiger partial charge in [-0.1, -0.05) is 32.1 Å². The van der Waals surface area contributed by atoms with Crippen LogP contribution < -0.4 is 30.2 Å². The number of amides is 2. The van der Waals surface area contributed by atoms with Gasteiger partial charge in [0.1, 0.15) is 31.7 Å². The number of allylic oxidation sites excluding steroid dienone is 1. The zero-order valence-corrected chi connectivity index (χ0v) is 33.3. The molecule has 2 heterocycles. The van der Waals surface area contributed by atoms with E-state index in [-0.39, 0.29) is 41.7 Å². The highest BCUT2D eigenvalue weighted by molar-refractivity contribution is 8.03. The van der Waals surface area contributed by atoms with Crippen molar-refractivity contribution in [2.45, 2.75) is 56.5 Å². The Balaban J connectivity index is 1.55. The minimum atomic E-state index is -4.24. The van der Waals surface area contributed by atoms with Gasteiger partial charge < -0.3 is 44.7 Å². The molecule has 0 aromatic heterocycles. The van der Waals surface area contributed by atoms with E-state index in [0.717, 1.165) is 14.9 Å². The van der Waals surface area contributed by atoms with Crippen molar-refractivity contribution in [3.63, 3.8) is 0 Å². The first-order chi connectivity index (χ1) is 25.8. The molecular formula is C36H48N4O11S3. The molecule has 4 rings (SSSR count). The molecule has 3 atom stereocenters. The maximum Gasteiger partial charge on any atom is 0.405 e. The standard InChI is InChI=1S/C36H48N4O11S3/c1-6-28(52-5)15-37-34(41)19-47-20-35(42)51-33(17-40(16-23(2)3)54(45,46)29-11-12-31-32(14-29)50-22-49-31)30(39-36(43)44)13-25-7-9-27(10-8-25)48-18-26-21-53-24(4)38-26/h6-12,14,21,23-24,30,33,38-39H,13,15-20,22H2,1-5H3,(H,37,41)(H,43,44)/b28-6-. The summed E-state index contributed by atoms with van der Waals surface area (Å²) in [6.45, 7) is 6.69. The highest BCUT2D eigenvalue weighted by atomic mass is 32.2. The van der Waals surface area contributed by atoms with Crippen molar-refractivity contribution in [3.05, 3.63) is 70.1 Å². The molecule has 2 amide bonds. The summed E-state index contributed by atoms with van der Waals surface area (Å²) in [5, 5.41) is 20.6. The van der Waals surface area contributed by atoms with Crippen LogP contribution in [0.3, 0.4) is 0 Å². The maximum atomic E-state index is 14.2. The SMILES string of the molecule is C/C=C(/CNC(=O)COCC(=O)OC(CN(CC(C)C)S(=O)(=O)c1ccc2c(c1)OCO2)C(Cc1ccc(OCC2=CSC(C)N2)cc1)NC(=O)O)SC. The number of carboxylic acid groups (broad SMARTS) is 1. The second kappa shape index (κ2) is 20.5. The predicted octanol–water partition coefficient (Wildman–Crippen LogP) is 4.15. The molecule has 0 saturated carbocycles. The lowest BCUT2D eigenvalue weighted by molar-refractivity contribution is -0.157. The number of benzene rings is 2. The monoisotopic (exact) mass is 808 g/mol. The Kier molecular flexibility index (Phi) is 16.2. The number of esters is 1. The highest BCUT2D eigenvalue weighted by Gasteiger charge is 2.35. The third kappa shape index (κ3) is 13.0. The van der Waals surface area contributed by atoms with Crippen LogP contribution in [0.4, 0.5) is 4.79 Å². The number of ether oxygens (including phenoxy) is 5. The molecule has 3 unspecified atom stereocenters.